The van der Waals surface area contributed by atoms with Crippen LogP contribution in [0.1, 0.15) is 12.8 Å². The third kappa shape index (κ3) is 2.50. The highest BCUT2D eigenvalue weighted by Gasteiger charge is 2.48. The number of nitrogens with one attached hydrogen (secondary N) is 1. The molecule has 4 heterocycles. The van der Waals surface area contributed by atoms with E-state index in [2.05, 4.69) is 10.3 Å². The number of carbonyl (C=O) groups excluding carboxylic acids is 1. The summed E-state index contributed by atoms with van der Waals surface area (Å²) in [6.07, 6.45) is 4.18. The van der Waals surface area contributed by atoms with Crippen LogP contribution in [0.3, 0.4) is 0 Å². The van der Waals surface area contributed by atoms with Gasteiger partial charge in [0.05, 0.1) is 22.5 Å². The highest BCUT2D eigenvalue weighted by molar-refractivity contribution is 7.90. The van der Waals surface area contributed by atoms with Gasteiger partial charge in [0, 0.05) is 44.7 Å². The van der Waals surface area contributed by atoms with E-state index in [0.29, 0.717) is 42.8 Å². The maximum atomic E-state index is 13.1. The third-order valence-electron chi connectivity index (χ3n) is 5.92. The van der Waals surface area contributed by atoms with Gasteiger partial charge in [-0.15, -0.1) is 0 Å². The number of aromatic nitrogens is 2. The minimum Gasteiger partial charge on any atom is -0.381 e. The predicted molar refractivity (Wildman–Crippen MR) is 109 cm³/mol. The molecule has 1 saturated heterocycles. The first kappa shape index (κ1) is 18.1. The van der Waals surface area contributed by atoms with Crippen LogP contribution in [-0.2, 0) is 19.6 Å². The van der Waals surface area contributed by atoms with Crippen LogP contribution in [0, 0.1) is 0 Å². The molecule has 3 aromatic rings. The van der Waals surface area contributed by atoms with E-state index in [0.717, 1.165) is 5.69 Å². The Labute approximate surface area is 168 Å². The number of rotatable bonds is 2. The number of anilines is 2. The van der Waals surface area contributed by atoms with Crippen molar-refractivity contribution in [1.29, 1.82) is 0 Å². The van der Waals surface area contributed by atoms with Crippen LogP contribution < -0.4 is 10.2 Å². The predicted octanol–water partition coefficient (Wildman–Crippen LogP) is 2.21. The summed E-state index contributed by atoms with van der Waals surface area (Å²) in [6.45, 7) is 1.01. The normalized spacial score (nSPS) is 18.7. The average Bonchev–Trinajstić information content (AvgIpc) is 3.18. The molecule has 5 rings (SSSR count). The second-order valence-corrected chi connectivity index (χ2v) is 9.16. The van der Waals surface area contributed by atoms with Crippen LogP contribution in [0.5, 0.6) is 0 Å². The van der Waals surface area contributed by atoms with Crippen molar-refractivity contribution >= 4 is 38.3 Å². The van der Waals surface area contributed by atoms with Crippen molar-refractivity contribution in [3.8, 4) is 0 Å². The van der Waals surface area contributed by atoms with Gasteiger partial charge in [-0.2, -0.15) is 0 Å². The van der Waals surface area contributed by atoms with E-state index in [1.807, 2.05) is 11.9 Å². The number of benzene rings is 1. The minimum atomic E-state index is -3.78. The Kier molecular flexibility index (Phi) is 3.94. The van der Waals surface area contributed by atoms with E-state index < -0.39 is 15.6 Å². The Balaban J connectivity index is 1.69. The third-order valence-corrected chi connectivity index (χ3v) is 7.60. The van der Waals surface area contributed by atoms with Gasteiger partial charge in [0.15, 0.2) is 5.65 Å². The van der Waals surface area contributed by atoms with Crippen LogP contribution >= 0.6 is 0 Å². The Morgan fingerprint density at radius 1 is 1.14 bits per heavy atom. The maximum absolute atomic E-state index is 13.1. The van der Waals surface area contributed by atoms with Crippen molar-refractivity contribution in [2.24, 2.45) is 0 Å². The molecular formula is C20H20N4O4S. The molecule has 8 nitrogen and oxygen atoms in total. The Morgan fingerprint density at radius 2 is 1.86 bits per heavy atom. The van der Waals surface area contributed by atoms with E-state index in [9.17, 15) is 13.2 Å². The number of ether oxygens (including phenoxy) is 1. The Hall–Kier alpha value is -2.91. The lowest BCUT2D eigenvalue weighted by Gasteiger charge is -2.47. The van der Waals surface area contributed by atoms with Crippen LogP contribution in [-0.4, -0.2) is 49.1 Å². The summed E-state index contributed by atoms with van der Waals surface area (Å²) in [6, 6.07) is 10.00. The molecule has 150 valence electrons. The Bertz CT molecular complexity index is 1210. The van der Waals surface area contributed by atoms with Crippen molar-refractivity contribution < 1.29 is 17.9 Å². The summed E-state index contributed by atoms with van der Waals surface area (Å²) in [7, 11) is -1.90. The SMILES string of the molecule is CN1c2c(cnc3c2ccn3S(=O)(=O)c2ccccc2)NC(=O)C12CCOCC2. The molecule has 1 aromatic carbocycles. The summed E-state index contributed by atoms with van der Waals surface area (Å²) < 4.78 is 32.9. The molecule has 1 fully saturated rings. The second kappa shape index (κ2) is 6.30. The standard InChI is InChI=1S/C20H20N4O4S/c1-23-17-15-7-10-24(29(26,27)14-5-3-2-4-6-14)18(15)21-13-16(17)22-19(25)20(23)8-11-28-12-9-20/h2-7,10,13H,8-9,11-12H2,1H3,(H,22,25). The van der Waals surface area contributed by atoms with Crippen molar-refractivity contribution in [3.63, 3.8) is 0 Å². The number of fused-ring (bicyclic) bond motifs is 3. The van der Waals surface area contributed by atoms with Gasteiger partial charge in [-0.1, -0.05) is 18.2 Å². The lowest BCUT2D eigenvalue weighted by molar-refractivity contribution is -0.124. The fourth-order valence-corrected chi connectivity index (χ4v) is 5.60. The molecule has 2 aliphatic heterocycles. The zero-order valence-corrected chi connectivity index (χ0v) is 16.6. The van der Waals surface area contributed by atoms with Crippen LogP contribution in [0.15, 0.2) is 53.7 Å². The van der Waals surface area contributed by atoms with Gasteiger partial charge in [0.2, 0.25) is 0 Å². The number of nitrogens with zero attached hydrogens (tertiary/aromatic N) is 3. The van der Waals surface area contributed by atoms with Gasteiger partial charge in [-0.3, -0.25) is 4.79 Å². The van der Waals surface area contributed by atoms with Gasteiger partial charge < -0.3 is 15.0 Å². The van der Waals surface area contributed by atoms with E-state index in [1.54, 1.807) is 36.4 Å². The molecule has 29 heavy (non-hydrogen) atoms. The van der Waals surface area contributed by atoms with Gasteiger partial charge in [-0.25, -0.2) is 17.4 Å². The van der Waals surface area contributed by atoms with E-state index in [4.69, 9.17) is 4.74 Å². The highest BCUT2D eigenvalue weighted by Crippen LogP contribution is 2.44. The second-order valence-electron chi connectivity index (χ2n) is 7.34. The van der Waals surface area contributed by atoms with Crippen molar-refractivity contribution in [2.45, 2.75) is 23.3 Å². The van der Waals surface area contributed by atoms with Crippen molar-refractivity contribution in [1.82, 2.24) is 8.96 Å². The maximum Gasteiger partial charge on any atom is 0.269 e. The molecule has 0 radical (unpaired) electrons. The van der Waals surface area contributed by atoms with E-state index >= 15 is 0 Å². The zero-order chi connectivity index (χ0) is 20.2. The summed E-state index contributed by atoms with van der Waals surface area (Å²) >= 11 is 0. The van der Waals surface area contributed by atoms with E-state index in [1.165, 1.54) is 16.4 Å². The molecule has 0 atom stereocenters. The van der Waals surface area contributed by atoms with Crippen LogP contribution in [0.25, 0.3) is 11.0 Å². The molecule has 1 spiro atoms. The van der Waals surface area contributed by atoms with Gasteiger partial charge in [-0.05, 0) is 18.2 Å². The molecule has 0 saturated carbocycles. The lowest BCUT2D eigenvalue weighted by Crippen LogP contribution is -2.61. The first-order valence-corrected chi connectivity index (χ1v) is 10.8. The molecular weight excluding hydrogens is 392 g/mol. The van der Waals surface area contributed by atoms with Crippen LogP contribution in [0.4, 0.5) is 11.4 Å². The smallest absolute Gasteiger partial charge is 0.269 e. The fourth-order valence-electron chi connectivity index (χ4n) is 4.28. The number of likely N-dealkylation sites (N-methyl/N-ethyl adjacent to an activating group) is 1. The monoisotopic (exact) mass is 412 g/mol. The zero-order valence-electron chi connectivity index (χ0n) is 15.8. The molecule has 9 heteroatoms. The lowest BCUT2D eigenvalue weighted by atomic mass is 9.84. The van der Waals surface area contributed by atoms with Gasteiger partial charge >= 0.3 is 0 Å². The minimum absolute atomic E-state index is 0.0757. The first-order chi connectivity index (χ1) is 13.9. The molecule has 1 amide bonds. The fraction of sp³-hybridized carbons (Fsp3) is 0.300. The number of carbonyl (C=O) groups is 1. The summed E-state index contributed by atoms with van der Waals surface area (Å²) in [5.74, 6) is -0.0757. The molecule has 2 aliphatic rings. The Morgan fingerprint density at radius 3 is 2.59 bits per heavy atom. The molecule has 1 N–H and O–H groups in total. The number of amides is 1. The summed E-state index contributed by atoms with van der Waals surface area (Å²) in [5.41, 5.74) is 0.980. The molecule has 2 aromatic heterocycles. The van der Waals surface area contributed by atoms with Crippen molar-refractivity contribution in [3.05, 3.63) is 48.8 Å². The topological polar surface area (TPSA) is 93.5 Å². The number of hydrogen-bond donors (Lipinski definition) is 1. The summed E-state index contributed by atoms with van der Waals surface area (Å²) in [5, 5.41) is 3.64. The van der Waals surface area contributed by atoms with Crippen LogP contribution in [0.2, 0.25) is 0 Å². The highest BCUT2D eigenvalue weighted by atomic mass is 32.2. The molecule has 0 aliphatic carbocycles. The molecule has 0 unspecified atom stereocenters. The first-order valence-electron chi connectivity index (χ1n) is 9.39. The molecule has 0 bridgehead atoms. The largest absolute Gasteiger partial charge is 0.381 e. The summed E-state index contributed by atoms with van der Waals surface area (Å²) in [4.78, 5) is 19.4. The average molecular weight is 412 g/mol. The van der Waals surface area contributed by atoms with Gasteiger partial charge in [0.25, 0.3) is 15.9 Å². The quantitative estimate of drug-likeness (QED) is 0.694. The number of pyridine rings is 1. The number of hydrogen-bond acceptors (Lipinski definition) is 6. The van der Waals surface area contributed by atoms with Gasteiger partial charge in [0.1, 0.15) is 5.54 Å². The van der Waals surface area contributed by atoms with Crippen molar-refractivity contribution in [2.75, 3.05) is 30.5 Å². The van der Waals surface area contributed by atoms with E-state index in [-0.39, 0.29) is 10.8 Å².